The zero-order chi connectivity index (χ0) is 17.7. The fraction of sp³-hybridized carbons (Fsp3) is 0.632. The number of benzene rings is 1. The van der Waals surface area contributed by atoms with E-state index < -0.39 is 0 Å². The SMILES string of the molecule is COCCC1(CN=C(N)N2CCN(c3ccc(Cl)cc3)CC2)CCC1.I. The van der Waals surface area contributed by atoms with Crippen molar-refractivity contribution in [2.75, 3.05) is 51.3 Å². The van der Waals surface area contributed by atoms with E-state index in [0.717, 1.165) is 50.8 Å². The van der Waals surface area contributed by atoms with Gasteiger partial charge in [-0.15, -0.1) is 24.0 Å². The fourth-order valence-corrected chi connectivity index (χ4v) is 3.80. The highest BCUT2D eigenvalue weighted by atomic mass is 127. The molecule has 26 heavy (non-hydrogen) atoms. The molecule has 1 aromatic carbocycles. The first-order valence-electron chi connectivity index (χ1n) is 9.16. The second-order valence-corrected chi connectivity index (χ2v) is 7.66. The molecule has 0 atom stereocenters. The topological polar surface area (TPSA) is 54.1 Å². The summed E-state index contributed by atoms with van der Waals surface area (Å²) in [7, 11) is 1.77. The van der Waals surface area contributed by atoms with Crippen LogP contribution >= 0.6 is 35.6 Å². The second-order valence-electron chi connectivity index (χ2n) is 7.22. The van der Waals surface area contributed by atoms with Gasteiger partial charge in [0.25, 0.3) is 0 Å². The van der Waals surface area contributed by atoms with Crippen LogP contribution in [0.1, 0.15) is 25.7 Å². The summed E-state index contributed by atoms with van der Waals surface area (Å²) in [5.41, 5.74) is 7.82. The zero-order valence-electron chi connectivity index (χ0n) is 15.5. The maximum Gasteiger partial charge on any atom is 0.191 e. The number of hydrogen-bond donors (Lipinski definition) is 1. The average molecular weight is 493 g/mol. The monoisotopic (exact) mass is 492 g/mol. The molecular formula is C19H30ClIN4O. The molecule has 7 heteroatoms. The van der Waals surface area contributed by atoms with Gasteiger partial charge in [-0.1, -0.05) is 18.0 Å². The van der Waals surface area contributed by atoms with E-state index in [4.69, 9.17) is 27.1 Å². The highest BCUT2D eigenvalue weighted by Gasteiger charge is 2.36. The largest absolute Gasteiger partial charge is 0.385 e. The van der Waals surface area contributed by atoms with Crippen molar-refractivity contribution in [3.8, 4) is 0 Å². The van der Waals surface area contributed by atoms with Gasteiger partial charge in [-0.05, 0) is 48.9 Å². The number of guanidine groups is 1. The van der Waals surface area contributed by atoms with Gasteiger partial charge in [-0.3, -0.25) is 4.99 Å². The fourth-order valence-electron chi connectivity index (χ4n) is 3.68. The van der Waals surface area contributed by atoms with Gasteiger partial charge >= 0.3 is 0 Å². The van der Waals surface area contributed by atoms with Crippen molar-refractivity contribution in [3.63, 3.8) is 0 Å². The molecule has 0 unspecified atom stereocenters. The molecule has 2 aliphatic rings. The van der Waals surface area contributed by atoms with Gasteiger partial charge in [-0.2, -0.15) is 0 Å². The summed E-state index contributed by atoms with van der Waals surface area (Å²) in [6.07, 6.45) is 4.89. The Hall–Kier alpha value is -0.730. The van der Waals surface area contributed by atoms with Crippen molar-refractivity contribution < 1.29 is 4.74 Å². The predicted octanol–water partition coefficient (Wildman–Crippen LogP) is 3.60. The number of methoxy groups -OCH3 is 1. The van der Waals surface area contributed by atoms with E-state index in [0.29, 0.717) is 11.4 Å². The Morgan fingerprint density at radius 3 is 2.38 bits per heavy atom. The molecule has 1 saturated carbocycles. The number of halogens is 2. The van der Waals surface area contributed by atoms with Crippen LogP contribution in [0.5, 0.6) is 0 Å². The molecule has 1 aliphatic carbocycles. The van der Waals surface area contributed by atoms with Gasteiger partial charge in [0.2, 0.25) is 0 Å². The third-order valence-corrected chi connectivity index (χ3v) is 5.87. The van der Waals surface area contributed by atoms with Crippen molar-refractivity contribution in [3.05, 3.63) is 29.3 Å². The number of anilines is 1. The molecule has 1 aliphatic heterocycles. The third kappa shape index (κ3) is 5.39. The second kappa shape index (κ2) is 9.99. The van der Waals surface area contributed by atoms with E-state index in [2.05, 4.69) is 21.9 Å². The summed E-state index contributed by atoms with van der Waals surface area (Å²) in [6, 6.07) is 8.03. The van der Waals surface area contributed by atoms with Crippen molar-refractivity contribution in [1.82, 2.24) is 4.90 Å². The minimum Gasteiger partial charge on any atom is -0.385 e. The molecule has 0 aromatic heterocycles. The van der Waals surface area contributed by atoms with Crippen LogP contribution in [0.3, 0.4) is 0 Å². The van der Waals surface area contributed by atoms with Crippen LogP contribution in [-0.4, -0.2) is 57.3 Å². The normalized spacial score (nSPS) is 19.7. The zero-order valence-corrected chi connectivity index (χ0v) is 18.6. The molecule has 5 nitrogen and oxygen atoms in total. The van der Waals surface area contributed by atoms with Crippen LogP contribution in [0.2, 0.25) is 5.02 Å². The third-order valence-electron chi connectivity index (χ3n) is 5.62. The van der Waals surface area contributed by atoms with E-state index in [1.165, 1.54) is 24.9 Å². The lowest BCUT2D eigenvalue weighted by molar-refractivity contribution is 0.0777. The first-order valence-corrected chi connectivity index (χ1v) is 9.54. The van der Waals surface area contributed by atoms with E-state index in [1.807, 2.05) is 12.1 Å². The van der Waals surface area contributed by atoms with E-state index in [-0.39, 0.29) is 24.0 Å². The Bertz CT molecular complexity index is 584. The van der Waals surface area contributed by atoms with Crippen molar-refractivity contribution in [2.45, 2.75) is 25.7 Å². The molecule has 1 heterocycles. The number of nitrogens with two attached hydrogens (primary N) is 1. The maximum atomic E-state index is 6.28. The number of nitrogens with zero attached hydrogens (tertiary/aromatic N) is 3. The number of aliphatic imine (C=N–C) groups is 1. The molecule has 1 aromatic rings. The maximum absolute atomic E-state index is 6.28. The Morgan fingerprint density at radius 1 is 1.19 bits per heavy atom. The molecule has 0 radical (unpaired) electrons. The van der Waals surface area contributed by atoms with Crippen LogP contribution in [0, 0.1) is 5.41 Å². The van der Waals surface area contributed by atoms with Gasteiger partial charge in [0.15, 0.2) is 5.96 Å². The lowest BCUT2D eigenvalue weighted by atomic mass is 9.67. The number of hydrogen-bond acceptors (Lipinski definition) is 3. The molecule has 3 rings (SSSR count). The van der Waals surface area contributed by atoms with Crippen molar-refractivity contribution >= 4 is 47.2 Å². The van der Waals surface area contributed by atoms with Crippen LogP contribution < -0.4 is 10.6 Å². The molecule has 1 saturated heterocycles. The van der Waals surface area contributed by atoms with Crippen molar-refractivity contribution in [2.24, 2.45) is 16.1 Å². The van der Waals surface area contributed by atoms with E-state index in [9.17, 15) is 0 Å². The van der Waals surface area contributed by atoms with E-state index >= 15 is 0 Å². The van der Waals surface area contributed by atoms with Crippen molar-refractivity contribution in [1.29, 1.82) is 0 Å². The summed E-state index contributed by atoms with van der Waals surface area (Å²) >= 11 is 5.97. The molecular weight excluding hydrogens is 463 g/mol. The highest BCUT2D eigenvalue weighted by molar-refractivity contribution is 14.0. The number of piperazine rings is 1. The first kappa shape index (κ1) is 21.6. The quantitative estimate of drug-likeness (QED) is 0.375. The van der Waals surface area contributed by atoms with Crippen LogP contribution in [0.4, 0.5) is 5.69 Å². The molecule has 2 N–H and O–H groups in total. The van der Waals surface area contributed by atoms with Gasteiger partial charge in [0.1, 0.15) is 0 Å². The summed E-state index contributed by atoms with van der Waals surface area (Å²) in [4.78, 5) is 9.30. The molecule has 0 amide bonds. The molecule has 0 bridgehead atoms. The Balaban J connectivity index is 0.00000243. The predicted molar refractivity (Wildman–Crippen MR) is 120 cm³/mol. The summed E-state index contributed by atoms with van der Waals surface area (Å²) in [6.45, 7) is 5.36. The lowest BCUT2D eigenvalue weighted by Gasteiger charge is -2.41. The standard InChI is InChI=1S/C19H29ClN4O.HI/c1-25-14-9-19(7-2-8-19)15-22-18(21)24-12-10-23(11-13-24)17-5-3-16(20)4-6-17;/h3-6H,2,7-15H2,1H3,(H2,21,22);1H. The first-order chi connectivity index (χ1) is 12.1. The summed E-state index contributed by atoms with van der Waals surface area (Å²) < 4.78 is 5.25. The minimum atomic E-state index is 0. The Labute approximate surface area is 178 Å². The van der Waals surface area contributed by atoms with Crippen LogP contribution in [0.25, 0.3) is 0 Å². The van der Waals surface area contributed by atoms with Crippen LogP contribution in [0.15, 0.2) is 29.3 Å². The molecule has 146 valence electrons. The van der Waals surface area contributed by atoms with Gasteiger partial charge in [0, 0.05) is 57.2 Å². The summed E-state index contributed by atoms with van der Waals surface area (Å²) in [5.74, 6) is 0.694. The van der Waals surface area contributed by atoms with Gasteiger partial charge in [-0.25, -0.2) is 0 Å². The highest BCUT2D eigenvalue weighted by Crippen LogP contribution is 2.44. The van der Waals surface area contributed by atoms with Gasteiger partial charge in [0.05, 0.1) is 0 Å². The molecule has 2 fully saturated rings. The molecule has 0 spiro atoms. The number of ether oxygens (including phenoxy) is 1. The smallest absolute Gasteiger partial charge is 0.191 e. The van der Waals surface area contributed by atoms with Gasteiger partial charge < -0.3 is 20.3 Å². The van der Waals surface area contributed by atoms with E-state index in [1.54, 1.807) is 7.11 Å². The number of rotatable bonds is 6. The lowest BCUT2D eigenvalue weighted by Crippen LogP contribution is -2.51. The minimum absolute atomic E-state index is 0. The Morgan fingerprint density at radius 2 is 1.85 bits per heavy atom. The Kier molecular flexibility index (Phi) is 8.29. The summed E-state index contributed by atoms with van der Waals surface area (Å²) in [5, 5.41) is 0.775. The average Bonchev–Trinajstić information content (AvgIpc) is 2.61. The van der Waals surface area contributed by atoms with Crippen LogP contribution in [-0.2, 0) is 4.74 Å².